The second-order valence-electron chi connectivity index (χ2n) is 3.99. The van der Waals surface area contributed by atoms with Gasteiger partial charge in [0.2, 0.25) is 0 Å². The molecule has 1 N–H and O–H groups in total. The van der Waals surface area contributed by atoms with Gasteiger partial charge in [-0.05, 0) is 31.5 Å². The summed E-state index contributed by atoms with van der Waals surface area (Å²) in [5.74, 6) is -1.05. The molecule has 0 aliphatic carbocycles. The number of aliphatic hydroxyl groups is 1. The van der Waals surface area contributed by atoms with Crippen molar-refractivity contribution in [1.82, 2.24) is 4.90 Å². The number of halogens is 2. The lowest BCUT2D eigenvalue weighted by Gasteiger charge is -2.18. The van der Waals surface area contributed by atoms with Gasteiger partial charge in [-0.1, -0.05) is 11.6 Å². The van der Waals surface area contributed by atoms with Gasteiger partial charge < -0.3 is 10.0 Å². The lowest BCUT2D eigenvalue weighted by Crippen LogP contribution is -2.30. The molecular formula is C12H15ClFNO2. The first-order valence-electron chi connectivity index (χ1n) is 5.30. The predicted octanol–water partition coefficient (Wildman–Crippen LogP) is 2.32. The van der Waals surface area contributed by atoms with Gasteiger partial charge >= 0.3 is 0 Å². The lowest BCUT2D eigenvalue weighted by atomic mass is 10.2. The molecule has 94 valence electrons. The van der Waals surface area contributed by atoms with Crippen LogP contribution in [0.15, 0.2) is 18.2 Å². The number of hydrogen-bond donors (Lipinski definition) is 1. The number of carbonyl (C=O) groups is 1. The van der Waals surface area contributed by atoms with Crippen molar-refractivity contribution in [3.05, 3.63) is 34.6 Å². The van der Waals surface area contributed by atoms with E-state index in [0.717, 1.165) is 6.07 Å². The summed E-state index contributed by atoms with van der Waals surface area (Å²) in [7, 11) is 1.57. The minimum atomic E-state index is -0.633. The third-order valence-corrected chi connectivity index (χ3v) is 2.63. The Morgan fingerprint density at radius 2 is 2.24 bits per heavy atom. The molecule has 1 atom stereocenters. The molecule has 0 aliphatic rings. The lowest BCUT2D eigenvalue weighted by molar-refractivity contribution is 0.0764. The highest BCUT2D eigenvalue weighted by atomic mass is 35.5. The average molecular weight is 260 g/mol. The normalized spacial score (nSPS) is 12.3. The fourth-order valence-corrected chi connectivity index (χ4v) is 1.51. The molecule has 3 nitrogen and oxygen atoms in total. The fourth-order valence-electron chi connectivity index (χ4n) is 1.35. The van der Waals surface area contributed by atoms with Crippen LogP contribution in [0.5, 0.6) is 0 Å². The minimum Gasteiger partial charge on any atom is -0.393 e. The van der Waals surface area contributed by atoms with Crippen LogP contribution in [0.2, 0.25) is 5.02 Å². The average Bonchev–Trinajstić information content (AvgIpc) is 2.25. The van der Waals surface area contributed by atoms with Gasteiger partial charge in [-0.25, -0.2) is 4.39 Å². The van der Waals surface area contributed by atoms with Crippen molar-refractivity contribution in [2.24, 2.45) is 0 Å². The molecular weight excluding hydrogens is 245 g/mol. The van der Waals surface area contributed by atoms with Crippen LogP contribution in [0.4, 0.5) is 4.39 Å². The largest absolute Gasteiger partial charge is 0.393 e. The van der Waals surface area contributed by atoms with Crippen molar-refractivity contribution in [3.8, 4) is 0 Å². The van der Waals surface area contributed by atoms with Crippen LogP contribution in [0.1, 0.15) is 23.7 Å². The van der Waals surface area contributed by atoms with Gasteiger partial charge in [-0.15, -0.1) is 0 Å². The standard InChI is InChI=1S/C12H15ClFNO2/c1-8(16)5-6-15(2)12(17)10-4-3-9(13)7-11(10)14/h3-4,7-8,16H,5-6H2,1-2H3. The molecule has 1 aromatic rings. The highest BCUT2D eigenvalue weighted by Gasteiger charge is 2.16. The monoisotopic (exact) mass is 259 g/mol. The molecule has 0 spiro atoms. The quantitative estimate of drug-likeness (QED) is 0.902. The summed E-state index contributed by atoms with van der Waals surface area (Å²) in [5.41, 5.74) is -0.0116. The molecule has 0 aromatic heterocycles. The number of carbonyl (C=O) groups excluding carboxylic acids is 1. The number of hydrogen-bond acceptors (Lipinski definition) is 2. The van der Waals surface area contributed by atoms with E-state index in [0.29, 0.717) is 13.0 Å². The Labute approximate surface area is 105 Å². The van der Waals surface area contributed by atoms with E-state index in [-0.39, 0.29) is 10.6 Å². The van der Waals surface area contributed by atoms with E-state index in [4.69, 9.17) is 16.7 Å². The zero-order valence-electron chi connectivity index (χ0n) is 9.78. The molecule has 0 fully saturated rings. The van der Waals surface area contributed by atoms with Crippen molar-refractivity contribution >= 4 is 17.5 Å². The van der Waals surface area contributed by atoms with E-state index in [1.165, 1.54) is 17.0 Å². The third-order valence-electron chi connectivity index (χ3n) is 2.39. The Bertz CT molecular complexity index is 409. The summed E-state index contributed by atoms with van der Waals surface area (Å²) in [6, 6.07) is 3.94. The van der Waals surface area contributed by atoms with Gasteiger partial charge in [0.25, 0.3) is 5.91 Å². The molecule has 0 bridgehead atoms. The van der Waals surface area contributed by atoms with E-state index < -0.39 is 17.8 Å². The Morgan fingerprint density at radius 3 is 2.76 bits per heavy atom. The maximum atomic E-state index is 13.5. The molecule has 0 radical (unpaired) electrons. The first-order chi connectivity index (χ1) is 7.91. The maximum Gasteiger partial charge on any atom is 0.256 e. The van der Waals surface area contributed by atoms with E-state index >= 15 is 0 Å². The van der Waals surface area contributed by atoms with Crippen LogP contribution in [-0.2, 0) is 0 Å². The van der Waals surface area contributed by atoms with Crippen LogP contribution in [0.25, 0.3) is 0 Å². The molecule has 0 aliphatic heterocycles. The second kappa shape index (κ2) is 5.98. The summed E-state index contributed by atoms with van der Waals surface area (Å²) in [6.07, 6.45) is -0.0300. The summed E-state index contributed by atoms with van der Waals surface area (Å²) in [6.45, 7) is 2.01. The molecule has 1 amide bonds. The van der Waals surface area contributed by atoms with Gasteiger partial charge in [-0.2, -0.15) is 0 Å². The molecule has 1 aromatic carbocycles. The van der Waals surface area contributed by atoms with Gasteiger partial charge in [0, 0.05) is 18.6 Å². The first-order valence-corrected chi connectivity index (χ1v) is 5.68. The highest BCUT2D eigenvalue weighted by Crippen LogP contribution is 2.16. The number of benzene rings is 1. The van der Waals surface area contributed by atoms with Crippen molar-refractivity contribution in [2.45, 2.75) is 19.4 Å². The number of amides is 1. The van der Waals surface area contributed by atoms with E-state index in [1.807, 2.05) is 0 Å². The van der Waals surface area contributed by atoms with Gasteiger partial charge in [-0.3, -0.25) is 4.79 Å². The molecule has 1 unspecified atom stereocenters. The molecule has 5 heteroatoms. The number of rotatable bonds is 4. The topological polar surface area (TPSA) is 40.5 Å². The first kappa shape index (κ1) is 13.9. The van der Waals surface area contributed by atoms with Crippen LogP contribution in [0.3, 0.4) is 0 Å². The van der Waals surface area contributed by atoms with E-state index in [1.54, 1.807) is 14.0 Å². The minimum absolute atomic E-state index is 0.0116. The van der Waals surface area contributed by atoms with Crippen LogP contribution < -0.4 is 0 Å². The Morgan fingerprint density at radius 1 is 1.59 bits per heavy atom. The van der Waals surface area contributed by atoms with Crippen LogP contribution in [0, 0.1) is 5.82 Å². The van der Waals surface area contributed by atoms with E-state index in [2.05, 4.69) is 0 Å². The van der Waals surface area contributed by atoms with Crippen molar-refractivity contribution < 1.29 is 14.3 Å². The molecule has 0 saturated carbocycles. The zero-order chi connectivity index (χ0) is 13.0. The van der Waals surface area contributed by atoms with Gasteiger partial charge in [0.1, 0.15) is 5.82 Å². The predicted molar refractivity (Wildman–Crippen MR) is 64.7 cm³/mol. The number of aliphatic hydroxyl groups excluding tert-OH is 1. The Hall–Kier alpha value is -1.13. The summed E-state index contributed by atoms with van der Waals surface area (Å²) in [4.78, 5) is 13.2. The molecule has 1 rings (SSSR count). The maximum absolute atomic E-state index is 13.5. The van der Waals surface area contributed by atoms with Crippen molar-refractivity contribution in [3.63, 3.8) is 0 Å². The van der Waals surface area contributed by atoms with E-state index in [9.17, 15) is 9.18 Å². The van der Waals surface area contributed by atoms with Crippen LogP contribution >= 0.6 is 11.6 Å². The fraction of sp³-hybridized carbons (Fsp3) is 0.417. The Kier molecular flexibility index (Phi) is 4.90. The summed E-state index contributed by atoms with van der Waals surface area (Å²) in [5, 5.41) is 9.37. The number of nitrogens with zero attached hydrogens (tertiary/aromatic N) is 1. The van der Waals surface area contributed by atoms with Crippen LogP contribution in [-0.4, -0.2) is 35.6 Å². The summed E-state index contributed by atoms with van der Waals surface area (Å²) >= 11 is 5.61. The summed E-state index contributed by atoms with van der Waals surface area (Å²) < 4.78 is 13.5. The van der Waals surface area contributed by atoms with Gasteiger partial charge in [0.05, 0.1) is 11.7 Å². The molecule has 0 saturated heterocycles. The zero-order valence-corrected chi connectivity index (χ0v) is 10.5. The van der Waals surface area contributed by atoms with Crippen molar-refractivity contribution in [2.75, 3.05) is 13.6 Å². The smallest absolute Gasteiger partial charge is 0.256 e. The second-order valence-corrected chi connectivity index (χ2v) is 4.43. The molecule has 0 heterocycles. The Balaban J connectivity index is 2.75. The molecule has 17 heavy (non-hydrogen) atoms. The van der Waals surface area contributed by atoms with Crippen molar-refractivity contribution in [1.29, 1.82) is 0 Å². The third kappa shape index (κ3) is 3.98. The SMILES string of the molecule is CC(O)CCN(C)C(=O)c1ccc(Cl)cc1F. The highest BCUT2D eigenvalue weighted by molar-refractivity contribution is 6.30. The van der Waals surface area contributed by atoms with Gasteiger partial charge in [0.15, 0.2) is 0 Å².